The van der Waals surface area contributed by atoms with E-state index >= 15 is 0 Å². The summed E-state index contributed by atoms with van der Waals surface area (Å²) < 4.78 is 10.4. The van der Waals surface area contributed by atoms with Gasteiger partial charge in [-0.25, -0.2) is 4.99 Å². The number of likely N-dealkylation sites (tertiary alicyclic amines) is 1. The first kappa shape index (κ1) is 24.0. The third kappa shape index (κ3) is 9.12. The molecule has 1 fully saturated rings. The molecular formula is C20H35IN4O2. The van der Waals surface area contributed by atoms with Crippen LogP contribution in [-0.4, -0.2) is 64.4 Å². The lowest BCUT2D eigenvalue weighted by atomic mass is 9.97. The van der Waals surface area contributed by atoms with Crippen LogP contribution in [0.15, 0.2) is 29.3 Å². The molecule has 2 N–H and O–H groups in total. The predicted octanol–water partition coefficient (Wildman–Crippen LogP) is 2.73. The zero-order valence-electron chi connectivity index (χ0n) is 16.9. The Balaban J connectivity index is 0.00000364. The maximum atomic E-state index is 5.28. The fraction of sp³-hybridized carbons (Fsp3) is 0.650. The fourth-order valence-electron chi connectivity index (χ4n) is 3.16. The van der Waals surface area contributed by atoms with Gasteiger partial charge >= 0.3 is 0 Å². The molecular weight excluding hydrogens is 455 g/mol. The minimum absolute atomic E-state index is 0. The number of aliphatic imine (C=N–C) groups is 1. The smallest absolute Gasteiger partial charge is 0.191 e. The first-order valence-electron chi connectivity index (χ1n) is 9.61. The molecule has 0 aromatic heterocycles. The summed E-state index contributed by atoms with van der Waals surface area (Å²) in [6.07, 6.45) is 2.46. The van der Waals surface area contributed by atoms with E-state index in [0.717, 1.165) is 56.6 Å². The number of benzene rings is 1. The van der Waals surface area contributed by atoms with E-state index in [1.165, 1.54) is 12.8 Å². The van der Waals surface area contributed by atoms with Crippen molar-refractivity contribution in [1.29, 1.82) is 0 Å². The highest BCUT2D eigenvalue weighted by Gasteiger charge is 2.18. The van der Waals surface area contributed by atoms with E-state index in [0.29, 0.717) is 12.5 Å². The third-order valence-electron chi connectivity index (χ3n) is 4.78. The molecule has 1 aliphatic heterocycles. The van der Waals surface area contributed by atoms with Crippen LogP contribution in [0.1, 0.15) is 25.3 Å². The lowest BCUT2D eigenvalue weighted by Crippen LogP contribution is -2.43. The molecule has 1 aliphatic rings. The summed E-state index contributed by atoms with van der Waals surface area (Å²) in [5, 5.41) is 6.85. The Morgan fingerprint density at radius 3 is 2.67 bits per heavy atom. The molecule has 0 unspecified atom stereocenters. The Bertz CT molecular complexity index is 549. The number of piperidine rings is 1. The molecule has 154 valence electrons. The van der Waals surface area contributed by atoms with E-state index in [9.17, 15) is 0 Å². The van der Waals surface area contributed by atoms with Gasteiger partial charge in [-0.2, -0.15) is 0 Å². The zero-order chi connectivity index (χ0) is 18.6. The summed E-state index contributed by atoms with van der Waals surface area (Å²) in [5.74, 6) is 2.46. The summed E-state index contributed by atoms with van der Waals surface area (Å²) in [6, 6.07) is 8.06. The first-order chi connectivity index (χ1) is 12.7. The standard InChI is InChI=1S/C20H34N4O2.HI/c1-4-21-20(23-16-18-6-5-7-19(14-18)26-3)22-15-17-8-10-24(11-9-17)12-13-25-2;/h5-7,14,17H,4,8-13,15-16H2,1-3H3,(H2,21,22,23);1H. The van der Waals surface area contributed by atoms with Crippen LogP contribution in [0.25, 0.3) is 0 Å². The molecule has 7 heteroatoms. The molecule has 0 amide bonds. The van der Waals surface area contributed by atoms with Gasteiger partial charge in [0.15, 0.2) is 5.96 Å². The topological polar surface area (TPSA) is 58.1 Å². The maximum absolute atomic E-state index is 5.28. The van der Waals surface area contributed by atoms with Crippen molar-refractivity contribution in [3.05, 3.63) is 29.8 Å². The molecule has 1 aromatic carbocycles. The van der Waals surface area contributed by atoms with Crippen LogP contribution in [0.2, 0.25) is 0 Å². The van der Waals surface area contributed by atoms with E-state index in [4.69, 9.17) is 14.5 Å². The zero-order valence-corrected chi connectivity index (χ0v) is 19.2. The minimum Gasteiger partial charge on any atom is -0.497 e. The van der Waals surface area contributed by atoms with Gasteiger partial charge in [0.2, 0.25) is 0 Å². The number of nitrogens with zero attached hydrogens (tertiary/aromatic N) is 2. The van der Waals surface area contributed by atoms with Crippen LogP contribution >= 0.6 is 24.0 Å². The quantitative estimate of drug-likeness (QED) is 0.317. The predicted molar refractivity (Wildman–Crippen MR) is 122 cm³/mol. The van der Waals surface area contributed by atoms with Gasteiger partial charge in [-0.1, -0.05) is 12.1 Å². The number of guanidine groups is 1. The number of halogens is 1. The number of hydrogen-bond donors (Lipinski definition) is 2. The van der Waals surface area contributed by atoms with Gasteiger partial charge in [0.05, 0.1) is 20.3 Å². The highest BCUT2D eigenvalue weighted by Crippen LogP contribution is 2.16. The molecule has 0 aliphatic carbocycles. The Hall–Kier alpha value is -1.06. The Kier molecular flexibility index (Phi) is 12.4. The molecule has 2 rings (SSSR count). The summed E-state index contributed by atoms with van der Waals surface area (Å²) in [6.45, 7) is 8.76. The number of hydrogen-bond acceptors (Lipinski definition) is 4. The summed E-state index contributed by atoms with van der Waals surface area (Å²) in [7, 11) is 3.46. The average Bonchev–Trinajstić information content (AvgIpc) is 2.69. The van der Waals surface area contributed by atoms with Gasteiger partial charge in [-0.15, -0.1) is 24.0 Å². The molecule has 0 spiro atoms. The van der Waals surface area contributed by atoms with E-state index in [1.54, 1.807) is 14.2 Å². The summed E-state index contributed by atoms with van der Waals surface area (Å²) in [4.78, 5) is 7.20. The van der Waals surface area contributed by atoms with Crippen molar-refractivity contribution < 1.29 is 9.47 Å². The molecule has 1 heterocycles. The third-order valence-corrected chi connectivity index (χ3v) is 4.78. The molecule has 6 nitrogen and oxygen atoms in total. The van der Waals surface area contributed by atoms with E-state index in [1.807, 2.05) is 18.2 Å². The van der Waals surface area contributed by atoms with Crippen molar-refractivity contribution in [2.24, 2.45) is 10.9 Å². The number of ether oxygens (including phenoxy) is 2. The summed E-state index contributed by atoms with van der Waals surface area (Å²) >= 11 is 0. The largest absolute Gasteiger partial charge is 0.497 e. The van der Waals surface area contributed by atoms with Crippen LogP contribution in [-0.2, 0) is 11.3 Å². The van der Waals surface area contributed by atoms with Gasteiger partial charge < -0.3 is 25.0 Å². The van der Waals surface area contributed by atoms with Crippen molar-refractivity contribution in [3.8, 4) is 5.75 Å². The van der Waals surface area contributed by atoms with Crippen molar-refractivity contribution in [2.45, 2.75) is 26.3 Å². The fourth-order valence-corrected chi connectivity index (χ4v) is 3.16. The molecule has 0 bridgehead atoms. The van der Waals surface area contributed by atoms with E-state index in [2.05, 4.69) is 28.5 Å². The lowest BCUT2D eigenvalue weighted by Gasteiger charge is -2.32. The highest BCUT2D eigenvalue weighted by molar-refractivity contribution is 14.0. The van der Waals surface area contributed by atoms with Gasteiger partial charge in [-0.3, -0.25) is 0 Å². The van der Waals surface area contributed by atoms with Crippen LogP contribution in [0, 0.1) is 5.92 Å². The van der Waals surface area contributed by atoms with Crippen LogP contribution in [0.3, 0.4) is 0 Å². The Morgan fingerprint density at radius 1 is 1.22 bits per heavy atom. The highest BCUT2D eigenvalue weighted by atomic mass is 127. The first-order valence-corrected chi connectivity index (χ1v) is 9.61. The Morgan fingerprint density at radius 2 is 2.00 bits per heavy atom. The van der Waals surface area contributed by atoms with Crippen molar-refractivity contribution in [3.63, 3.8) is 0 Å². The monoisotopic (exact) mass is 490 g/mol. The summed E-state index contributed by atoms with van der Waals surface area (Å²) in [5.41, 5.74) is 1.15. The molecule has 27 heavy (non-hydrogen) atoms. The van der Waals surface area contributed by atoms with Crippen molar-refractivity contribution in [1.82, 2.24) is 15.5 Å². The second-order valence-electron chi connectivity index (χ2n) is 6.71. The Labute approximate surface area is 181 Å². The van der Waals surface area contributed by atoms with Crippen molar-refractivity contribution >= 4 is 29.9 Å². The molecule has 0 atom stereocenters. The van der Waals surface area contributed by atoms with Crippen LogP contribution in [0.4, 0.5) is 0 Å². The van der Waals surface area contributed by atoms with Gasteiger partial charge in [0, 0.05) is 26.7 Å². The van der Waals surface area contributed by atoms with E-state index < -0.39 is 0 Å². The maximum Gasteiger partial charge on any atom is 0.191 e. The molecule has 1 aromatic rings. The minimum atomic E-state index is 0. The molecule has 0 saturated carbocycles. The van der Waals surface area contributed by atoms with Crippen molar-refractivity contribution in [2.75, 3.05) is 53.6 Å². The average molecular weight is 490 g/mol. The second kappa shape index (κ2) is 14.0. The number of nitrogens with one attached hydrogen (secondary N) is 2. The van der Waals surface area contributed by atoms with E-state index in [-0.39, 0.29) is 24.0 Å². The van der Waals surface area contributed by atoms with Crippen LogP contribution < -0.4 is 15.4 Å². The SMILES string of the molecule is CCNC(=NCc1cccc(OC)c1)NCC1CCN(CCOC)CC1.I. The van der Waals surface area contributed by atoms with Gasteiger partial charge in [-0.05, 0) is 56.5 Å². The molecule has 1 saturated heterocycles. The lowest BCUT2D eigenvalue weighted by molar-refractivity contribution is 0.121. The number of rotatable bonds is 9. The number of methoxy groups -OCH3 is 2. The van der Waals surface area contributed by atoms with Gasteiger partial charge in [0.25, 0.3) is 0 Å². The van der Waals surface area contributed by atoms with Gasteiger partial charge in [0.1, 0.15) is 5.75 Å². The normalized spacial score (nSPS) is 15.9. The van der Waals surface area contributed by atoms with Crippen LogP contribution in [0.5, 0.6) is 5.75 Å². The molecule has 0 radical (unpaired) electrons. The second-order valence-corrected chi connectivity index (χ2v) is 6.71.